The Kier molecular flexibility index (Phi) is 3.97. The number of nitrogens with two attached hydrogens (primary N) is 1. The molecule has 21 heavy (non-hydrogen) atoms. The van der Waals surface area contributed by atoms with Crippen LogP contribution in [0.25, 0.3) is 0 Å². The van der Waals surface area contributed by atoms with Crippen LogP contribution in [0.4, 0.5) is 5.69 Å². The SMILES string of the molecule is CC(N)c1ccc2c(c1)CCCN2CCc1cnn(C)c1. The molecule has 0 fully saturated rings. The van der Waals surface area contributed by atoms with Gasteiger partial charge in [-0.15, -0.1) is 0 Å². The van der Waals surface area contributed by atoms with E-state index in [-0.39, 0.29) is 6.04 Å². The minimum Gasteiger partial charge on any atom is -0.371 e. The molecule has 1 unspecified atom stereocenters. The molecule has 3 rings (SSSR count). The molecule has 4 heteroatoms. The quantitative estimate of drug-likeness (QED) is 0.938. The molecule has 1 atom stereocenters. The van der Waals surface area contributed by atoms with Crippen LogP contribution in [-0.4, -0.2) is 22.9 Å². The first kappa shape index (κ1) is 14.1. The van der Waals surface area contributed by atoms with Crippen LogP contribution in [0.3, 0.4) is 0 Å². The Morgan fingerprint density at radius 2 is 2.24 bits per heavy atom. The van der Waals surface area contributed by atoms with Crippen LogP contribution in [0.2, 0.25) is 0 Å². The lowest BCUT2D eigenvalue weighted by atomic mass is 9.97. The van der Waals surface area contributed by atoms with Gasteiger partial charge in [-0.05, 0) is 48.9 Å². The lowest BCUT2D eigenvalue weighted by molar-refractivity contribution is 0.684. The van der Waals surface area contributed by atoms with E-state index in [0.717, 1.165) is 19.5 Å². The Bertz CT molecular complexity index is 615. The molecular formula is C17H24N4. The standard InChI is InChI=1S/C17H24N4/c1-13(18)15-5-6-17-16(10-15)4-3-8-21(17)9-7-14-11-19-20(2)12-14/h5-6,10-13H,3-4,7-9,18H2,1-2H3. The van der Waals surface area contributed by atoms with E-state index in [0.29, 0.717) is 0 Å². The molecule has 2 aromatic rings. The number of aromatic nitrogens is 2. The first-order valence-electron chi connectivity index (χ1n) is 7.74. The molecule has 2 N–H and O–H groups in total. The van der Waals surface area contributed by atoms with E-state index < -0.39 is 0 Å². The highest BCUT2D eigenvalue weighted by atomic mass is 15.2. The van der Waals surface area contributed by atoms with Crippen molar-refractivity contribution in [2.24, 2.45) is 12.8 Å². The molecule has 112 valence electrons. The molecule has 0 aliphatic carbocycles. The van der Waals surface area contributed by atoms with Crippen molar-refractivity contribution in [2.45, 2.75) is 32.2 Å². The van der Waals surface area contributed by atoms with Crippen LogP contribution >= 0.6 is 0 Å². The number of benzene rings is 1. The summed E-state index contributed by atoms with van der Waals surface area (Å²) in [6, 6.07) is 6.82. The van der Waals surface area contributed by atoms with Gasteiger partial charge < -0.3 is 10.6 Å². The zero-order valence-electron chi connectivity index (χ0n) is 12.9. The monoisotopic (exact) mass is 284 g/mol. The van der Waals surface area contributed by atoms with E-state index in [2.05, 4.69) is 34.4 Å². The minimum absolute atomic E-state index is 0.112. The summed E-state index contributed by atoms with van der Waals surface area (Å²) in [6.07, 6.45) is 7.50. The molecule has 1 aliphatic rings. The van der Waals surface area contributed by atoms with Crippen molar-refractivity contribution in [1.29, 1.82) is 0 Å². The average molecular weight is 284 g/mol. The van der Waals surface area contributed by atoms with Crippen molar-refractivity contribution >= 4 is 5.69 Å². The van der Waals surface area contributed by atoms with E-state index in [9.17, 15) is 0 Å². The number of aryl methyl sites for hydroxylation is 2. The number of hydrogen-bond donors (Lipinski definition) is 1. The predicted octanol–water partition coefficient (Wildman–Crippen LogP) is 2.44. The van der Waals surface area contributed by atoms with E-state index in [1.807, 2.05) is 24.9 Å². The second kappa shape index (κ2) is 5.90. The van der Waals surface area contributed by atoms with Crippen molar-refractivity contribution in [3.05, 3.63) is 47.3 Å². The molecule has 2 heterocycles. The van der Waals surface area contributed by atoms with E-state index in [4.69, 9.17) is 5.73 Å². The van der Waals surface area contributed by atoms with E-state index in [1.165, 1.54) is 35.2 Å². The maximum absolute atomic E-state index is 6.00. The summed E-state index contributed by atoms with van der Waals surface area (Å²) in [5.41, 5.74) is 11.4. The van der Waals surface area contributed by atoms with Gasteiger partial charge in [0.2, 0.25) is 0 Å². The minimum atomic E-state index is 0.112. The Hall–Kier alpha value is -1.81. The predicted molar refractivity (Wildman–Crippen MR) is 86.5 cm³/mol. The van der Waals surface area contributed by atoms with Gasteiger partial charge in [-0.1, -0.05) is 12.1 Å². The van der Waals surface area contributed by atoms with Crippen molar-refractivity contribution in [2.75, 3.05) is 18.0 Å². The van der Waals surface area contributed by atoms with Gasteiger partial charge in [-0.3, -0.25) is 4.68 Å². The Morgan fingerprint density at radius 1 is 1.38 bits per heavy atom. The third-order valence-corrected chi connectivity index (χ3v) is 4.27. The first-order valence-corrected chi connectivity index (χ1v) is 7.74. The molecule has 0 saturated heterocycles. The third kappa shape index (κ3) is 3.10. The number of nitrogens with zero attached hydrogens (tertiary/aromatic N) is 3. The Morgan fingerprint density at radius 3 is 2.95 bits per heavy atom. The molecule has 1 aliphatic heterocycles. The first-order chi connectivity index (χ1) is 10.1. The van der Waals surface area contributed by atoms with Crippen LogP contribution < -0.4 is 10.6 Å². The lowest BCUT2D eigenvalue weighted by Gasteiger charge is -2.32. The summed E-state index contributed by atoms with van der Waals surface area (Å²) in [4.78, 5) is 2.50. The molecule has 0 bridgehead atoms. The summed E-state index contributed by atoms with van der Waals surface area (Å²) in [5.74, 6) is 0. The average Bonchev–Trinajstić information content (AvgIpc) is 2.90. The molecule has 0 radical (unpaired) electrons. The Labute approximate surface area is 126 Å². The summed E-state index contributed by atoms with van der Waals surface area (Å²) in [5, 5.41) is 4.24. The zero-order chi connectivity index (χ0) is 14.8. The van der Waals surface area contributed by atoms with Gasteiger partial charge in [0.1, 0.15) is 0 Å². The summed E-state index contributed by atoms with van der Waals surface area (Å²) in [7, 11) is 1.97. The fourth-order valence-electron chi connectivity index (χ4n) is 3.08. The molecule has 0 spiro atoms. The van der Waals surface area contributed by atoms with Gasteiger partial charge >= 0.3 is 0 Å². The van der Waals surface area contributed by atoms with Crippen LogP contribution in [0.15, 0.2) is 30.6 Å². The van der Waals surface area contributed by atoms with Gasteiger partial charge in [0.15, 0.2) is 0 Å². The topological polar surface area (TPSA) is 47.1 Å². The molecule has 1 aromatic heterocycles. The fourth-order valence-corrected chi connectivity index (χ4v) is 3.08. The maximum Gasteiger partial charge on any atom is 0.0522 e. The number of fused-ring (bicyclic) bond motifs is 1. The normalized spacial score (nSPS) is 15.9. The van der Waals surface area contributed by atoms with Crippen molar-refractivity contribution in [3.8, 4) is 0 Å². The number of rotatable bonds is 4. The van der Waals surface area contributed by atoms with E-state index in [1.54, 1.807) is 0 Å². The van der Waals surface area contributed by atoms with Crippen LogP contribution in [0.5, 0.6) is 0 Å². The third-order valence-electron chi connectivity index (χ3n) is 4.27. The van der Waals surface area contributed by atoms with Crippen LogP contribution in [0, 0.1) is 0 Å². The summed E-state index contributed by atoms with van der Waals surface area (Å²) >= 11 is 0. The summed E-state index contributed by atoms with van der Waals surface area (Å²) in [6.45, 7) is 4.24. The highest BCUT2D eigenvalue weighted by Crippen LogP contribution is 2.29. The largest absolute Gasteiger partial charge is 0.371 e. The zero-order valence-corrected chi connectivity index (χ0v) is 12.9. The molecular weight excluding hydrogens is 260 g/mol. The second-order valence-electron chi connectivity index (χ2n) is 6.04. The van der Waals surface area contributed by atoms with Crippen molar-refractivity contribution in [1.82, 2.24) is 9.78 Å². The molecule has 4 nitrogen and oxygen atoms in total. The van der Waals surface area contributed by atoms with Gasteiger partial charge in [0.05, 0.1) is 6.20 Å². The smallest absolute Gasteiger partial charge is 0.0522 e. The van der Waals surface area contributed by atoms with Gasteiger partial charge in [0.25, 0.3) is 0 Å². The lowest BCUT2D eigenvalue weighted by Crippen LogP contribution is -2.31. The number of hydrogen-bond acceptors (Lipinski definition) is 3. The molecule has 1 aromatic carbocycles. The second-order valence-corrected chi connectivity index (χ2v) is 6.04. The van der Waals surface area contributed by atoms with Crippen molar-refractivity contribution in [3.63, 3.8) is 0 Å². The van der Waals surface area contributed by atoms with Gasteiger partial charge in [0, 0.05) is 38.1 Å². The molecule has 0 saturated carbocycles. The Balaban J connectivity index is 1.74. The van der Waals surface area contributed by atoms with Gasteiger partial charge in [-0.25, -0.2) is 0 Å². The van der Waals surface area contributed by atoms with E-state index >= 15 is 0 Å². The highest BCUT2D eigenvalue weighted by Gasteiger charge is 2.17. The number of anilines is 1. The fraction of sp³-hybridized carbons (Fsp3) is 0.471. The summed E-state index contributed by atoms with van der Waals surface area (Å²) < 4.78 is 1.87. The van der Waals surface area contributed by atoms with Gasteiger partial charge in [-0.2, -0.15) is 5.10 Å². The van der Waals surface area contributed by atoms with Crippen LogP contribution in [0.1, 0.15) is 36.1 Å². The maximum atomic E-state index is 6.00. The molecule has 0 amide bonds. The highest BCUT2D eigenvalue weighted by molar-refractivity contribution is 5.57. The van der Waals surface area contributed by atoms with Crippen molar-refractivity contribution < 1.29 is 0 Å². The van der Waals surface area contributed by atoms with Crippen LogP contribution in [-0.2, 0) is 19.9 Å².